The van der Waals surface area contributed by atoms with Gasteiger partial charge in [0, 0.05) is 17.8 Å². The third-order valence-corrected chi connectivity index (χ3v) is 2.14. The summed E-state index contributed by atoms with van der Waals surface area (Å²) in [5, 5.41) is 0. The van der Waals surface area contributed by atoms with E-state index in [1.165, 1.54) is 19.3 Å². The molecule has 1 heterocycles. The van der Waals surface area contributed by atoms with Crippen molar-refractivity contribution in [2.75, 3.05) is 0 Å². The second-order valence-corrected chi connectivity index (χ2v) is 3.18. The zero-order chi connectivity index (χ0) is 8.39. The molecule has 0 atom stereocenters. The predicted octanol–water partition coefficient (Wildman–Crippen LogP) is 2.12. The zero-order valence-electron chi connectivity index (χ0n) is 7.21. The van der Waals surface area contributed by atoms with Crippen LogP contribution in [0.4, 0.5) is 0 Å². The van der Waals surface area contributed by atoms with Crippen molar-refractivity contribution < 1.29 is 4.74 Å². The highest BCUT2D eigenvalue weighted by Crippen LogP contribution is 2.23. The van der Waals surface area contributed by atoms with Crippen molar-refractivity contribution in [1.82, 2.24) is 4.98 Å². The molecule has 0 amide bonds. The van der Waals surface area contributed by atoms with Crippen LogP contribution in [0.25, 0.3) is 0 Å². The van der Waals surface area contributed by atoms with Gasteiger partial charge in [0.05, 0.1) is 0 Å². The van der Waals surface area contributed by atoms with E-state index >= 15 is 0 Å². The zero-order valence-corrected chi connectivity index (χ0v) is 7.21. The van der Waals surface area contributed by atoms with Gasteiger partial charge in [-0.05, 0) is 32.3 Å². The van der Waals surface area contributed by atoms with Crippen LogP contribution in [0.1, 0.15) is 25.0 Å². The molecule has 63 valence electrons. The fourth-order valence-electron chi connectivity index (χ4n) is 1.19. The van der Waals surface area contributed by atoms with E-state index in [0.29, 0.717) is 6.10 Å². The molecule has 2 heteroatoms. The molecule has 0 spiro atoms. The van der Waals surface area contributed by atoms with Gasteiger partial charge in [-0.25, -0.2) is 4.98 Å². The Bertz CT molecular complexity index is 268. The Morgan fingerprint density at radius 1 is 1.58 bits per heavy atom. The molecule has 0 aliphatic heterocycles. The molecule has 1 saturated carbocycles. The third-order valence-electron chi connectivity index (χ3n) is 2.14. The average Bonchev–Trinajstić information content (AvgIpc) is 1.97. The van der Waals surface area contributed by atoms with Gasteiger partial charge >= 0.3 is 0 Å². The summed E-state index contributed by atoms with van der Waals surface area (Å²) in [6.07, 6.45) is 4.07. The highest BCUT2D eigenvalue weighted by atomic mass is 16.5. The van der Waals surface area contributed by atoms with Crippen molar-refractivity contribution in [2.24, 2.45) is 0 Å². The monoisotopic (exact) mass is 162 g/mol. The molecule has 0 N–H and O–H groups in total. The van der Waals surface area contributed by atoms with Crippen LogP contribution < -0.4 is 4.74 Å². The maximum Gasteiger partial charge on any atom is 0.213 e. The third kappa shape index (κ3) is 1.58. The SMILES string of the molecule is Cc1[c]ccc(OC2CCC2)n1. The van der Waals surface area contributed by atoms with Gasteiger partial charge in [-0.15, -0.1) is 0 Å². The van der Waals surface area contributed by atoms with E-state index in [0.717, 1.165) is 11.6 Å². The summed E-state index contributed by atoms with van der Waals surface area (Å²) in [6.45, 7) is 1.92. The van der Waals surface area contributed by atoms with Crippen molar-refractivity contribution in [3.63, 3.8) is 0 Å². The van der Waals surface area contributed by atoms with Crippen molar-refractivity contribution in [1.29, 1.82) is 0 Å². The summed E-state index contributed by atoms with van der Waals surface area (Å²) < 4.78 is 5.60. The quantitative estimate of drug-likeness (QED) is 0.664. The van der Waals surface area contributed by atoms with E-state index in [9.17, 15) is 0 Å². The van der Waals surface area contributed by atoms with Gasteiger partial charge in [-0.3, -0.25) is 0 Å². The van der Waals surface area contributed by atoms with E-state index in [2.05, 4.69) is 11.1 Å². The molecule has 1 aliphatic carbocycles. The molecule has 0 saturated heterocycles. The Balaban J connectivity index is 2.02. The molecular formula is C10H12NO. The second-order valence-electron chi connectivity index (χ2n) is 3.18. The molecule has 1 aliphatic rings. The molecule has 0 unspecified atom stereocenters. The Labute approximate surface area is 72.6 Å². The van der Waals surface area contributed by atoms with Crippen LogP contribution in [-0.4, -0.2) is 11.1 Å². The van der Waals surface area contributed by atoms with Crippen molar-refractivity contribution >= 4 is 0 Å². The smallest absolute Gasteiger partial charge is 0.213 e. The van der Waals surface area contributed by atoms with Crippen LogP contribution in [0, 0.1) is 13.0 Å². The summed E-state index contributed by atoms with van der Waals surface area (Å²) in [4.78, 5) is 4.22. The largest absolute Gasteiger partial charge is 0.474 e. The lowest BCUT2D eigenvalue weighted by Gasteiger charge is -2.25. The Hall–Kier alpha value is -1.05. The van der Waals surface area contributed by atoms with Crippen LogP contribution in [0.2, 0.25) is 0 Å². The van der Waals surface area contributed by atoms with Crippen LogP contribution >= 0.6 is 0 Å². The summed E-state index contributed by atoms with van der Waals surface area (Å²) in [5.41, 5.74) is 0.895. The maximum atomic E-state index is 5.60. The summed E-state index contributed by atoms with van der Waals surface area (Å²) >= 11 is 0. The van der Waals surface area contributed by atoms with Gasteiger partial charge in [-0.2, -0.15) is 0 Å². The minimum Gasteiger partial charge on any atom is -0.474 e. The van der Waals surface area contributed by atoms with Gasteiger partial charge < -0.3 is 4.74 Å². The number of hydrogen-bond donors (Lipinski definition) is 0. The highest BCUT2D eigenvalue weighted by Gasteiger charge is 2.19. The fraction of sp³-hybridized carbons (Fsp3) is 0.500. The van der Waals surface area contributed by atoms with E-state index in [1.54, 1.807) is 0 Å². The molecule has 1 radical (unpaired) electrons. The first-order valence-corrected chi connectivity index (χ1v) is 4.36. The molecule has 1 aromatic heterocycles. The van der Waals surface area contributed by atoms with Crippen LogP contribution in [0.5, 0.6) is 5.88 Å². The number of hydrogen-bond acceptors (Lipinski definition) is 2. The minimum absolute atomic E-state index is 0.416. The first kappa shape index (κ1) is 7.59. The highest BCUT2D eigenvalue weighted by molar-refractivity contribution is 5.14. The first-order valence-electron chi connectivity index (χ1n) is 4.36. The molecule has 1 aromatic rings. The Kier molecular flexibility index (Phi) is 1.98. The van der Waals surface area contributed by atoms with Gasteiger partial charge in [0.25, 0.3) is 0 Å². The molecule has 0 bridgehead atoms. The lowest BCUT2D eigenvalue weighted by molar-refractivity contribution is 0.114. The number of aromatic nitrogens is 1. The first-order chi connectivity index (χ1) is 5.84. The second kappa shape index (κ2) is 3.13. The summed E-state index contributed by atoms with van der Waals surface area (Å²) in [7, 11) is 0. The maximum absolute atomic E-state index is 5.60. The number of ether oxygens (including phenoxy) is 1. The van der Waals surface area contributed by atoms with Gasteiger partial charge in [-0.1, -0.05) is 0 Å². The number of rotatable bonds is 2. The van der Waals surface area contributed by atoms with E-state index in [-0.39, 0.29) is 0 Å². The minimum atomic E-state index is 0.416. The lowest BCUT2D eigenvalue weighted by atomic mass is 9.96. The van der Waals surface area contributed by atoms with Crippen molar-refractivity contribution in [2.45, 2.75) is 32.3 Å². The van der Waals surface area contributed by atoms with E-state index < -0.39 is 0 Å². The molecule has 2 rings (SSSR count). The number of pyridine rings is 1. The molecule has 12 heavy (non-hydrogen) atoms. The van der Waals surface area contributed by atoms with Gasteiger partial charge in [0.15, 0.2) is 0 Å². The Morgan fingerprint density at radius 3 is 3.00 bits per heavy atom. The summed E-state index contributed by atoms with van der Waals surface area (Å²) in [6, 6.07) is 6.71. The lowest BCUT2D eigenvalue weighted by Crippen LogP contribution is -2.24. The number of nitrogens with zero attached hydrogens (tertiary/aromatic N) is 1. The topological polar surface area (TPSA) is 22.1 Å². The standard InChI is InChI=1S/C10H12NO/c1-8-4-2-7-10(11-8)12-9-5-3-6-9/h2,7,9H,3,5-6H2,1H3. The Morgan fingerprint density at radius 2 is 2.42 bits per heavy atom. The van der Waals surface area contributed by atoms with Crippen molar-refractivity contribution in [3.05, 3.63) is 23.9 Å². The van der Waals surface area contributed by atoms with Gasteiger partial charge in [0.2, 0.25) is 5.88 Å². The number of aryl methyl sites for hydroxylation is 1. The van der Waals surface area contributed by atoms with E-state index in [4.69, 9.17) is 4.74 Å². The molecule has 1 fully saturated rings. The van der Waals surface area contributed by atoms with Crippen LogP contribution in [0.15, 0.2) is 12.1 Å². The van der Waals surface area contributed by atoms with Crippen LogP contribution in [0.3, 0.4) is 0 Å². The predicted molar refractivity (Wildman–Crippen MR) is 46.1 cm³/mol. The van der Waals surface area contributed by atoms with Crippen LogP contribution in [-0.2, 0) is 0 Å². The normalized spacial score (nSPS) is 17.1. The van der Waals surface area contributed by atoms with Crippen molar-refractivity contribution in [3.8, 4) is 5.88 Å². The fourth-order valence-corrected chi connectivity index (χ4v) is 1.19. The van der Waals surface area contributed by atoms with Gasteiger partial charge in [0.1, 0.15) is 6.10 Å². The summed E-state index contributed by atoms with van der Waals surface area (Å²) in [5.74, 6) is 0.746. The molecule has 2 nitrogen and oxygen atoms in total. The van der Waals surface area contributed by atoms with E-state index in [1.807, 2.05) is 19.1 Å². The molecular weight excluding hydrogens is 150 g/mol. The average molecular weight is 162 g/mol. The molecule has 0 aromatic carbocycles.